The fourth-order valence-electron chi connectivity index (χ4n) is 8.37. The van der Waals surface area contributed by atoms with Gasteiger partial charge in [0.15, 0.2) is 0 Å². The van der Waals surface area contributed by atoms with Crippen molar-refractivity contribution in [3.63, 3.8) is 0 Å². The SMILES string of the molecule is CC(C[C@@](CCCNC(=O)OC(C)(C)C)(Cc1ncn2c1CCc1cc(C3CCCCC3)ccc1-2)C(=O)Oc1ccccc1)N1CCCC1. The molecule has 3 heterocycles. The number of hydrogen-bond acceptors (Lipinski definition) is 6. The molecule has 1 saturated heterocycles. The van der Waals surface area contributed by atoms with Gasteiger partial charge < -0.3 is 24.3 Å². The highest BCUT2D eigenvalue weighted by Crippen LogP contribution is 2.40. The van der Waals surface area contributed by atoms with E-state index in [1.54, 1.807) is 0 Å². The first-order chi connectivity index (χ1) is 23.6. The van der Waals surface area contributed by atoms with Crippen LogP contribution in [0.2, 0.25) is 0 Å². The van der Waals surface area contributed by atoms with Crippen LogP contribution in [0.1, 0.15) is 120 Å². The van der Waals surface area contributed by atoms with Crippen LogP contribution < -0.4 is 10.1 Å². The molecule has 8 nitrogen and oxygen atoms in total. The smallest absolute Gasteiger partial charge is 0.407 e. The van der Waals surface area contributed by atoms with Gasteiger partial charge in [-0.3, -0.25) is 4.79 Å². The largest absolute Gasteiger partial charge is 0.444 e. The van der Waals surface area contributed by atoms with Gasteiger partial charge in [0.2, 0.25) is 0 Å². The molecule has 8 heteroatoms. The number of nitrogens with one attached hydrogen (secondary N) is 1. The van der Waals surface area contributed by atoms with E-state index in [1.807, 2.05) is 57.4 Å². The van der Waals surface area contributed by atoms with Gasteiger partial charge in [-0.15, -0.1) is 0 Å². The summed E-state index contributed by atoms with van der Waals surface area (Å²) in [4.78, 5) is 34.6. The number of aryl methyl sites for hydroxylation is 1. The van der Waals surface area contributed by atoms with Gasteiger partial charge in [-0.1, -0.05) is 49.6 Å². The summed E-state index contributed by atoms with van der Waals surface area (Å²) in [6.45, 7) is 10.3. The van der Waals surface area contributed by atoms with E-state index in [0.717, 1.165) is 31.6 Å². The van der Waals surface area contributed by atoms with E-state index in [4.69, 9.17) is 14.5 Å². The van der Waals surface area contributed by atoms with Gasteiger partial charge in [-0.25, -0.2) is 9.78 Å². The standard InChI is InChI=1S/C41H56N4O4/c1-30(44-24-11-12-25-44)27-41(38(46)48-34-16-9-6-10-17-34,22-13-23-42-39(47)49-40(2,3)4)28-35-37-21-19-33-26-32(31-14-7-5-8-15-31)18-20-36(33)45(37)29-43-35/h6,9-10,16-18,20,26,29-31H,5,7-8,11-15,19,21-25,27-28H2,1-4H3,(H,42,47)/t30?,41-/m0/s1. The number of aromatic nitrogens is 2. The van der Waals surface area contributed by atoms with Crippen molar-refractivity contribution in [2.45, 2.75) is 129 Å². The summed E-state index contributed by atoms with van der Waals surface area (Å²) < 4.78 is 14.0. The number of likely N-dealkylation sites (tertiary alicyclic amines) is 1. The van der Waals surface area contributed by atoms with Crippen molar-refractivity contribution in [2.75, 3.05) is 19.6 Å². The van der Waals surface area contributed by atoms with Crippen LogP contribution in [-0.4, -0.2) is 57.8 Å². The number of nitrogens with zero attached hydrogens (tertiary/aromatic N) is 3. The average molecular weight is 669 g/mol. The molecule has 0 bridgehead atoms. The summed E-state index contributed by atoms with van der Waals surface area (Å²) in [7, 11) is 0. The van der Waals surface area contributed by atoms with Crippen LogP contribution in [-0.2, 0) is 28.8 Å². The molecule has 2 fully saturated rings. The summed E-state index contributed by atoms with van der Waals surface area (Å²) >= 11 is 0. The zero-order valence-electron chi connectivity index (χ0n) is 30.1. The maximum absolute atomic E-state index is 14.6. The van der Waals surface area contributed by atoms with Crippen LogP contribution in [0.5, 0.6) is 5.75 Å². The number of alkyl carbamates (subject to hydrolysis) is 1. The first kappa shape index (κ1) is 35.2. The third kappa shape index (κ3) is 8.75. The summed E-state index contributed by atoms with van der Waals surface area (Å²) in [6.07, 6.45) is 14.7. The van der Waals surface area contributed by atoms with Crippen molar-refractivity contribution in [1.29, 1.82) is 0 Å². The number of ether oxygens (including phenoxy) is 2. The Morgan fingerprint density at radius 1 is 0.980 bits per heavy atom. The lowest BCUT2D eigenvalue weighted by Gasteiger charge is -2.37. The highest BCUT2D eigenvalue weighted by molar-refractivity contribution is 5.80. The van der Waals surface area contributed by atoms with E-state index in [-0.39, 0.29) is 12.0 Å². The second kappa shape index (κ2) is 15.5. The molecule has 1 N–H and O–H groups in total. The molecule has 2 aliphatic heterocycles. The Labute approximate surface area is 293 Å². The number of amides is 1. The molecular formula is C41H56N4O4. The summed E-state index contributed by atoms with van der Waals surface area (Å²) in [5.74, 6) is 1.00. The fraction of sp³-hybridized carbons (Fsp3) is 0.585. The summed E-state index contributed by atoms with van der Waals surface area (Å²) in [6, 6.07) is 16.7. The molecule has 1 unspecified atom stereocenters. The first-order valence-corrected chi connectivity index (χ1v) is 18.8. The number of fused-ring (bicyclic) bond motifs is 3. The first-order valence-electron chi connectivity index (χ1n) is 18.8. The molecule has 1 saturated carbocycles. The number of rotatable bonds is 12. The predicted molar refractivity (Wildman–Crippen MR) is 193 cm³/mol. The Balaban J connectivity index is 1.29. The van der Waals surface area contributed by atoms with Gasteiger partial charge in [0.25, 0.3) is 0 Å². The lowest BCUT2D eigenvalue weighted by Crippen LogP contribution is -2.44. The predicted octanol–water partition coefficient (Wildman–Crippen LogP) is 8.33. The highest BCUT2D eigenvalue weighted by atomic mass is 16.6. The van der Waals surface area contributed by atoms with Crippen LogP contribution in [0.3, 0.4) is 0 Å². The maximum Gasteiger partial charge on any atom is 0.407 e. The zero-order valence-corrected chi connectivity index (χ0v) is 30.1. The van der Waals surface area contributed by atoms with E-state index in [9.17, 15) is 9.59 Å². The molecule has 6 rings (SSSR count). The topological polar surface area (TPSA) is 85.7 Å². The van der Waals surface area contributed by atoms with E-state index in [2.05, 4.69) is 39.9 Å². The van der Waals surface area contributed by atoms with Gasteiger partial charge in [0.1, 0.15) is 11.4 Å². The van der Waals surface area contributed by atoms with Crippen molar-refractivity contribution < 1.29 is 19.1 Å². The molecule has 1 aliphatic carbocycles. The molecule has 2 aromatic carbocycles. The third-order valence-corrected chi connectivity index (χ3v) is 10.9. The molecule has 0 radical (unpaired) electrons. The van der Waals surface area contributed by atoms with Gasteiger partial charge in [-0.2, -0.15) is 0 Å². The van der Waals surface area contributed by atoms with Crippen molar-refractivity contribution in [1.82, 2.24) is 19.8 Å². The molecule has 0 spiro atoms. The third-order valence-electron chi connectivity index (χ3n) is 10.9. The van der Waals surface area contributed by atoms with Crippen molar-refractivity contribution in [2.24, 2.45) is 5.41 Å². The quantitative estimate of drug-likeness (QED) is 0.119. The van der Waals surface area contributed by atoms with Crippen molar-refractivity contribution in [3.8, 4) is 11.4 Å². The molecule has 2 atom stereocenters. The molecule has 1 aromatic heterocycles. The second-order valence-corrected chi connectivity index (χ2v) is 15.7. The normalized spacial score (nSPS) is 18.6. The Morgan fingerprint density at radius 3 is 2.47 bits per heavy atom. The molecule has 49 heavy (non-hydrogen) atoms. The fourth-order valence-corrected chi connectivity index (χ4v) is 8.37. The Morgan fingerprint density at radius 2 is 1.73 bits per heavy atom. The van der Waals surface area contributed by atoms with Crippen LogP contribution in [0.25, 0.3) is 5.69 Å². The lowest BCUT2D eigenvalue weighted by molar-refractivity contribution is -0.148. The van der Waals surface area contributed by atoms with Crippen molar-refractivity contribution >= 4 is 12.1 Å². The van der Waals surface area contributed by atoms with E-state index < -0.39 is 17.1 Å². The van der Waals surface area contributed by atoms with Crippen LogP contribution in [0.4, 0.5) is 4.79 Å². The average Bonchev–Trinajstić information content (AvgIpc) is 3.78. The minimum atomic E-state index is -0.839. The molecule has 3 aliphatic rings. The van der Waals surface area contributed by atoms with Gasteiger partial charge in [-0.05, 0) is 134 Å². The Kier molecular flexibility index (Phi) is 11.1. The number of benzene rings is 2. The number of esters is 1. The number of hydrogen-bond donors (Lipinski definition) is 1. The second-order valence-electron chi connectivity index (χ2n) is 15.7. The van der Waals surface area contributed by atoms with E-state index >= 15 is 0 Å². The monoisotopic (exact) mass is 668 g/mol. The summed E-state index contributed by atoms with van der Waals surface area (Å²) in [5.41, 5.74) is 4.84. The summed E-state index contributed by atoms with van der Waals surface area (Å²) in [5, 5.41) is 2.91. The van der Waals surface area contributed by atoms with Gasteiger partial charge >= 0.3 is 12.1 Å². The number of carbonyl (C=O) groups is 2. The zero-order chi connectivity index (χ0) is 34.4. The van der Waals surface area contributed by atoms with Crippen LogP contribution in [0, 0.1) is 5.41 Å². The minimum Gasteiger partial charge on any atom is -0.444 e. The Hall–Kier alpha value is -3.65. The molecule has 1 amide bonds. The number of imidazole rings is 1. The van der Waals surface area contributed by atoms with Gasteiger partial charge in [0, 0.05) is 30.4 Å². The van der Waals surface area contributed by atoms with E-state index in [1.165, 1.54) is 67.5 Å². The van der Waals surface area contributed by atoms with Crippen LogP contribution >= 0.6 is 0 Å². The molecular weight excluding hydrogens is 612 g/mol. The highest BCUT2D eigenvalue weighted by Gasteiger charge is 2.44. The van der Waals surface area contributed by atoms with E-state index in [0.29, 0.717) is 43.9 Å². The Bertz CT molecular complexity index is 1570. The maximum atomic E-state index is 14.6. The van der Waals surface area contributed by atoms with Crippen molar-refractivity contribution in [3.05, 3.63) is 77.4 Å². The molecule has 264 valence electrons. The lowest BCUT2D eigenvalue weighted by atomic mass is 9.73. The molecule has 3 aromatic rings. The number of para-hydroxylation sites is 1. The minimum absolute atomic E-state index is 0.196. The van der Waals surface area contributed by atoms with Crippen LogP contribution in [0.15, 0.2) is 54.9 Å². The van der Waals surface area contributed by atoms with Gasteiger partial charge in [0.05, 0.1) is 17.4 Å². The number of carbonyl (C=O) groups excluding carboxylic acids is 2.